The number of aryl methyl sites for hydroxylation is 1. The molecule has 1 aromatic heterocycles. The Morgan fingerprint density at radius 2 is 2.22 bits per heavy atom. The molecule has 0 unspecified atom stereocenters. The lowest BCUT2D eigenvalue weighted by Crippen LogP contribution is -2.40. The maximum Gasteiger partial charge on any atom is 0.134 e. The Morgan fingerprint density at radius 3 is 2.78 bits per heavy atom. The van der Waals surface area contributed by atoms with Crippen LogP contribution in [0, 0.1) is 0 Å². The highest BCUT2D eigenvalue weighted by molar-refractivity contribution is 8.00. The van der Waals surface area contributed by atoms with Gasteiger partial charge in [-0.25, -0.2) is 9.97 Å². The standard InChI is InChI=1S/C13H20ClN3S/c1-3-5-11-16-10(14)8-12(17-11)15-9-13(18-2)6-4-7-13/h8H,3-7,9H2,1-2H3,(H,15,16,17). The fraction of sp³-hybridized carbons (Fsp3) is 0.692. The Hall–Kier alpha value is -0.480. The summed E-state index contributed by atoms with van der Waals surface area (Å²) in [5.41, 5.74) is 0. The summed E-state index contributed by atoms with van der Waals surface area (Å²) in [7, 11) is 0. The first-order valence-corrected chi connectivity index (χ1v) is 8.10. The smallest absolute Gasteiger partial charge is 0.134 e. The molecule has 0 amide bonds. The zero-order valence-electron chi connectivity index (χ0n) is 11.0. The van der Waals surface area contributed by atoms with Gasteiger partial charge in [0.1, 0.15) is 16.8 Å². The van der Waals surface area contributed by atoms with Crippen LogP contribution in [0.25, 0.3) is 0 Å². The maximum atomic E-state index is 6.02. The molecule has 0 bridgehead atoms. The van der Waals surface area contributed by atoms with Gasteiger partial charge >= 0.3 is 0 Å². The lowest BCUT2D eigenvalue weighted by atomic mass is 9.84. The number of nitrogens with zero attached hydrogens (tertiary/aromatic N) is 2. The summed E-state index contributed by atoms with van der Waals surface area (Å²) in [5.74, 6) is 1.69. The van der Waals surface area contributed by atoms with Gasteiger partial charge in [-0.15, -0.1) is 0 Å². The van der Waals surface area contributed by atoms with Crippen LogP contribution in [-0.4, -0.2) is 27.5 Å². The topological polar surface area (TPSA) is 37.8 Å². The molecular weight excluding hydrogens is 266 g/mol. The predicted octanol–water partition coefficient (Wildman–Crippen LogP) is 3.78. The van der Waals surface area contributed by atoms with E-state index in [2.05, 4.69) is 28.5 Å². The zero-order chi connectivity index (χ0) is 13.0. The largest absolute Gasteiger partial charge is 0.369 e. The minimum absolute atomic E-state index is 0.405. The van der Waals surface area contributed by atoms with Gasteiger partial charge in [0.25, 0.3) is 0 Å². The van der Waals surface area contributed by atoms with Crippen molar-refractivity contribution in [2.45, 2.75) is 43.8 Å². The van der Waals surface area contributed by atoms with E-state index in [1.54, 1.807) is 0 Å². The summed E-state index contributed by atoms with van der Waals surface area (Å²) in [4.78, 5) is 8.73. The Kier molecular flexibility index (Phi) is 4.73. The summed E-state index contributed by atoms with van der Waals surface area (Å²) in [6, 6.07) is 1.81. The van der Waals surface area contributed by atoms with Crippen LogP contribution in [0.15, 0.2) is 6.07 Å². The number of rotatable bonds is 6. The molecule has 1 saturated carbocycles. The van der Waals surface area contributed by atoms with Gasteiger partial charge in [-0.05, 0) is 25.5 Å². The quantitative estimate of drug-likeness (QED) is 0.807. The van der Waals surface area contributed by atoms with Crippen molar-refractivity contribution >= 4 is 29.2 Å². The van der Waals surface area contributed by atoms with Crippen LogP contribution in [0.1, 0.15) is 38.4 Å². The second-order valence-corrected chi connectivity index (χ2v) is 6.50. The van der Waals surface area contributed by atoms with Gasteiger partial charge in [-0.2, -0.15) is 11.8 Å². The Morgan fingerprint density at radius 1 is 1.44 bits per heavy atom. The third-order valence-corrected chi connectivity index (χ3v) is 5.12. The van der Waals surface area contributed by atoms with Crippen molar-refractivity contribution in [3.05, 3.63) is 17.0 Å². The van der Waals surface area contributed by atoms with Gasteiger partial charge in [-0.1, -0.05) is 24.9 Å². The van der Waals surface area contributed by atoms with E-state index in [-0.39, 0.29) is 0 Å². The van der Waals surface area contributed by atoms with E-state index < -0.39 is 0 Å². The van der Waals surface area contributed by atoms with Crippen molar-refractivity contribution in [3.8, 4) is 0 Å². The van der Waals surface area contributed by atoms with E-state index >= 15 is 0 Å². The summed E-state index contributed by atoms with van der Waals surface area (Å²) in [5, 5.41) is 3.95. The maximum absolute atomic E-state index is 6.02. The molecule has 0 atom stereocenters. The van der Waals surface area contributed by atoms with Crippen LogP contribution >= 0.6 is 23.4 Å². The molecule has 1 N–H and O–H groups in total. The molecule has 3 nitrogen and oxygen atoms in total. The van der Waals surface area contributed by atoms with Crippen molar-refractivity contribution in [3.63, 3.8) is 0 Å². The number of halogens is 1. The lowest BCUT2D eigenvalue weighted by molar-refractivity contribution is 0.379. The molecule has 1 aromatic rings. The molecule has 18 heavy (non-hydrogen) atoms. The average Bonchev–Trinajstić information content (AvgIpc) is 2.28. The molecule has 1 heterocycles. The first-order valence-electron chi connectivity index (χ1n) is 6.50. The number of anilines is 1. The highest BCUT2D eigenvalue weighted by Gasteiger charge is 2.35. The van der Waals surface area contributed by atoms with Gasteiger partial charge in [0.15, 0.2) is 0 Å². The van der Waals surface area contributed by atoms with Gasteiger partial charge in [0, 0.05) is 23.8 Å². The minimum Gasteiger partial charge on any atom is -0.369 e. The number of hydrogen-bond donors (Lipinski definition) is 1. The molecule has 5 heteroatoms. The molecular formula is C13H20ClN3S. The Bertz CT molecular complexity index is 402. The van der Waals surface area contributed by atoms with Crippen LogP contribution in [0.5, 0.6) is 0 Å². The molecule has 0 radical (unpaired) electrons. The molecule has 1 aliphatic carbocycles. The molecule has 1 aliphatic rings. The first kappa shape index (κ1) is 13.9. The van der Waals surface area contributed by atoms with Gasteiger partial charge < -0.3 is 5.32 Å². The van der Waals surface area contributed by atoms with Crippen molar-refractivity contribution in [1.29, 1.82) is 0 Å². The number of nitrogens with one attached hydrogen (secondary N) is 1. The first-order chi connectivity index (χ1) is 8.67. The Balaban J connectivity index is 2.00. The van der Waals surface area contributed by atoms with Crippen molar-refractivity contribution in [1.82, 2.24) is 9.97 Å². The molecule has 2 rings (SSSR count). The predicted molar refractivity (Wildman–Crippen MR) is 79.6 cm³/mol. The molecule has 0 saturated heterocycles. The van der Waals surface area contributed by atoms with E-state index in [1.165, 1.54) is 19.3 Å². The molecule has 0 spiro atoms. The van der Waals surface area contributed by atoms with Gasteiger partial charge in [0.05, 0.1) is 0 Å². The number of thioether (sulfide) groups is 1. The molecule has 1 fully saturated rings. The van der Waals surface area contributed by atoms with E-state index in [4.69, 9.17) is 11.6 Å². The Labute approximate surface area is 118 Å². The molecule has 100 valence electrons. The molecule has 0 aliphatic heterocycles. The van der Waals surface area contributed by atoms with E-state index in [0.29, 0.717) is 9.90 Å². The monoisotopic (exact) mass is 285 g/mol. The highest BCUT2D eigenvalue weighted by atomic mass is 35.5. The zero-order valence-corrected chi connectivity index (χ0v) is 12.6. The third-order valence-electron chi connectivity index (χ3n) is 3.50. The molecule has 0 aromatic carbocycles. The summed E-state index contributed by atoms with van der Waals surface area (Å²) >= 11 is 7.98. The van der Waals surface area contributed by atoms with Gasteiger partial charge in [0.2, 0.25) is 0 Å². The van der Waals surface area contributed by atoms with Crippen molar-refractivity contribution < 1.29 is 0 Å². The summed E-state index contributed by atoms with van der Waals surface area (Å²) in [6.07, 6.45) is 8.03. The third kappa shape index (κ3) is 3.29. The fourth-order valence-electron chi connectivity index (χ4n) is 2.17. The average molecular weight is 286 g/mol. The van der Waals surface area contributed by atoms with Crippen LogP contribution in [0.4, 0.5) is 5.82 Å². The van der Waals surface area contributed by atoms with Crippen LogP contribution in [0.3, 0.4) is 0 Å². The van der Waals surface area contributed by atoms with E-state index in [9.17, 15) is 0 Å². The van der Waals surface area contributed by atoms with Crippen LogP contribution < -0.4 is 5.32 Å². The van der Waals surface area contributed by atoms with Crippen LogP contribution in [-0.2, 0) is 6.42 Å². The number of hydrogen-bond acceptors (Lipinski definition) is 4. The second-order valence-electron chi connectivity index (χ2n) is 4.84. The van der Waals surface area contributed by atoms with Crippen molar-refractivity contribution in [2.24, 2.45) is 0 Å². The summed E-state index contributed by atoms with van der Waals surface area (Å²) in [6.45, 7) is 3.08. The lowest BCUT2D eigenvalue weighted by Gasteiger charge is -2.40. The summed E-state index contributed by atoms with van der Waals surface area (Å²) < 4.78 is 0.405. The van der Waals surface area contributed by atoms with E-state index in [1.807, 2.05) is 17.8 Å². The van der Waals surface area contributed by atoms with Crippen LogP contribution in [0.2, 0.25) is 5.15 Å². The van der Waals surface area contributed by atoms with Crippen molar-refractivity contribution in [2.75, 3.05) is 18.1 Å². The van der Waals surface area contributed by atoms with E-state index in [0.717, 1.165) is 31.0 Å². The van der Waals surface area contributed by atoms with Gasteiger partial charge in [-0.3, -0.25) is 0 Å². The second kappa shape index (κ2) is 6.11. The fourth-order valence-corrected chi connectivity index (χ4v) is 3.28. The minimum atomic E-state index is 0.405. The highest BCUT2D eigenvalue weighted by Crippen LogP contribution is 2.42. The SMILES string of the molecule is CCCc1nc(Cl)cc(NCC2(SC)CCC2)n1. The number of aromatic nitrogens is 2. The normalized spacial score (nSPS) is 17.3.